The summed E-state index contributed by atoms with van der Waals surface area (Å²) < 4.78 is 5.74. The molecule has 142 valence electrons. The van der Waals surface area contributed by atoms with Crippen molar-refractivity contribution in [1.82, 2.24) is 0 Å². The molecule has 0 saturated heterocycles. The molecule has 0 aliphatic rings. The average Bonchev–Trinajstić information content (AvgIpc) is 2.65. The van der Waals surface area contributed by atoms with Crippen LogP contribution in [-0.2, 0) is 9.53 Å². The van der Waals surface area contributed by atoms with Crippen molar-refractivity contribution in [1.29, 1.82) is 0 Å². The van der Waals surface area contributed by atoms with E-state index in [2.05, 4.69) is 6.58 Å². The molecule has 0 spiro atoms. The van der Waals surface area contributed by atoms with Gasteiger partial charge >= 0.3 is 5.97 Å². The third-order valence-corrected chi connectivity index (χ3v) is 4.42. The lowest BCUT2D eigenvalue weighted by Gasteiger charge is -2.26. The number of ether oxygens (including phenoxy) is 1. The van der Waals surface area contributed by atoms with Gasteiger partial charge in [-0.15, -0.1) is 6.58 Å². The van der Waals surface area contributed by atoms with Gasteiger partial charge in [-0.25, -0.2) is 4.79 Å². The Kier molecular flexibility index (Phi) is 7.12. The lowest BCUT2D eigenvalue weighted by molar-refractivity contribution is -0.158. The molecule has 2 aromatic carbocycles. The first kappa shape index (κ1) is 20.6. The van der Waals surface area contributed by atoms with Gasteiger partial charge in [0.1, 0.15) is 5.60 Å². The lowest BCUT2D eigenvalue weighted by Crippen LogP contribution is -2.33. The molecule has 1 unspecified atom stereocenters. The zero-order valence-corrected chi connectivity index (χ0v) is 16.7. The molecule has 0 bridgehead atoms. The maximum Gasteiger partial charge on any atom is 0.331 e. The predicted octanol–water partition coefficient (Wildman–Crippen LogP) is 5.59. The monoisotopic (exact) mass is 363 g/mol. The Morgan fingerprint density at radius 1 is 1.04 bits per heavy atom. The van der Waals surface area contributed by atoms with Gasteiger partial charge in [-0.3, -0.25) is 4.99 Å². The van der Waals surface area contributed by atoms with Crippen LogP contribution in [-0.4, -0.2) is 23.3 Å². The van der Waals surface area contributed by atoms with E-state index in [9.17, 15) is 4.79 Å². The highest BCUT2D eigenvalue weighted by molar-refractivity contribution is 6.13. The summed E-state index contributed by atoms with van der Waals surface area (Å²) in [4.78, 5) is 17.7. The van der Waals surface area contributed by atoms with E-state index in [1.54, 1.807) is 0 Å². The third-order valence-electron chi connectivity index (χ3n) is 4.42. The molecule has 27 heavy (non-hydrogen) atoms. The summed E-state index contributed by atoms with van der Waals surface area (Å²) >= 11 is 0. The largest absolute Gasteiger partial charge is 0.458 e. The molecule has 0 fully saturated rings. The molecule has 0 saturated carbocycles. The van der Waals surface area contributed by atoms with Crippen LogP contribution in [0.25, 0.3) is 0 Å². The molecule has 0 aliphatic heterocycles. The summed E-state index contributed by atoms with van der Waals surface area (Å²) in [6.45, 7) is 11.7. The van der Waals surface area contributed by atoms with Crippen LogP contribution in [0.5, 0.6) is 0 Å². The van der Waals surface area contributed by atoms with Crippen LogP contribution in [0.4, 0.5) is 0 Å². The molecule has 0 aromatic heterocycles. The van der Waals surface area contributed by atoms with Crippen LogP contribution >= 0.6 is 0 Å². The van der Waals surface area contributed by atoms with Gasteiger partial charge in [0.2, 0.25) is 0 Å². The number of aliphatic imine (C=N–C) groups is 1. The van der Waals surface area contributed by atoms with Gasteiger partial charge in [0.25, 0.3) is 0 Å². The zero-order valence-electron chi connectivity index (χ0n) is 16.7. The van der Waals surface area contributed by atoms with Crippen molar-refractivity contribution < 1.29 is 9.53 Å². The molecule has 3 heteroatoms. The van der Waals surface area contributed by atoms with E-state index in [1.807, 2.05) is 88.4 Å². The van der Waals surface area contributed by atoms with Gasteiger partial charge in [-0.1, -0.05) is 73.2 Å². The van der Waals surface area contributed by atoms with E-state index in [4.69, 9.17) is 9.73 Å². The molecule has 0 N–H and O–H groups in total. The van der Waals surface area contributed by atoms with Gasteiger partial charge in [0, 0.05) is 17.5 Å². The summed E-state index contributed by atoms with van der Waals surface area (Å²) in [7, 11) is 0. The van der Waals surface area contributed by atoms with Crippen molar-refractivity contribution in [2.75, 3.05) is 0 Å². The molecule has 0 amide bonds. The Labute approximate surface area is 162 Å². The molecule has 0 radical (unpaired) electrons. The fourth-order valence-corrected chi connectivity index (χ4v) is 2.59. The molecule has 3 nitrogen and oxygen atoms in total. The summed E-state index contributed by atoms with van der Waals surface area (Å²) in [5.74, 6) is -0.311. The highest BCUT2D eigenvalue weighted by Gasteiger charge is 2.27. The van der Waals surface area contributed by atoms with E-state index < -0.39 is 11.6 Å². The second kappa shape index (κ2) is 9.31. The number of nitrogens with zero attached hydrogens (tertiary/aromatic N) is 1. The minimum Gasteiger partial charge on any atom is -0.458 e. The van der Waals surface area contributed by atoms with Crippen molar-refractivity contribution in [3.63, 3.8) is 0 Å². The molecular formula is C24H29NO2. The Hall–Kier alpha value is -2.68. The van der Waals surface area contributed by atoms with Gasteiger partial charge in [0.15, 0.2) is 6.04 Å². The average molecular weight is 364 g/mol. The summed E-state index contributed by atoms with van der Waals surface area (Å²) in [5, 5.41) is 0. The molecule has 0 aliphatic carbocycles. The second-order valence-electron chi connectivity index (χ2n) is 7.42. The zero-order chi connectivity index (χ0) is 19.9. The van der Waals surface area contributed by atoms with E-state index in [1.165, 1.54) is 0 Å². The standard InChI is InChI=1S/C24H29NO2/c1-6-24(4,5)27-23(26)21(17-18(2)3)25-22(19-13-9-7-10-14-19)20-15-11-8-12-16-20/h7-16,21H,2,6,17H2,1,3-5H3. The van der Waals surface area contributed by atoms with Crippen LogP contribution in [0.3, 0.4) is 0 Å². The summed E-state index contributed by atoms with van der Waals surface area (Å²) in [5.41, 5.74) is 3.11. The summed E-state index contributed by atoms with van der Waals surface area (Å²) in [6, 6.07) is 19.2. The van der Waals surface area contributed by atoms with Gasteiger partial charge in [0.05, 0.1) is 5.71 Å². The highest BCUT2D eigenvalue weighted by atomic mass is 16.6. The first-order valence-electron chi connectivity index (χ1n) is 9.38. The number of esters is 1. The van der Waals surface area contributed by atoms with Crippen LogP contribution in [0.2, 0.25) is 0 Å². The Bertz CT molecular complexity index is 750. The second-order valence-corrected chi connectivity index (χ2v) is 7.42. The molecule has 2 rings (SSSR count). The SMILES string of the molecule is C=C(C)CC(N=C(c1ccccc1)c1ccccc1)C(=O)OC(C)(C)CC. The normalized spacial score (nSPS) is 12.1. The number of carbonyl (C=O) groups excluding carboxylic acids is 1. The number of rotatable bonds is 8. The topological polar surface area (TPSA) is 38.7 Å². The van der Waals surface area contributed by atoms with Crippen LogP contribution in [0.1, 0.15) is 51.7 Å². The van der Waals surface area contributed by atoms with Gasteiger partial charge < -0.3 is 4.74 Å². The number of hydrogen-bond donors (Lipinski definition) is 0. The quantitative estimate of drug-likeness (QED) is 0.348. The van der Waals surface area contributed by atoms with Gasteiger partial charge in [-0.05, 0) is 27.2 Å². The lowest BCUT2D eigenvalue weighted by atomic mass is 10.0. The van der Waals surface area contributed by atoms with Crippen LogP contribution in [0.15, 0.2) is 77.8 Å². The number of benzene rings is 2. The fourth-order valence-electron chi connectivity index (χ4n) is 2.59. The van der Waals surface area contributed by atoms with E-state index in [0.717, 1.165) is 28.8 Å². The molecule has 1 atom stereocenters. The molecule has 2 aromatic rings. The number of carbonyl (C=O) groups is 1. The van der Waals surface area contributed by atoms with Crippen molar-refractivity contribution >= 4 is 11.7 Å². The van der Waals surface area contributed by atoms with E-state index in [0.29, 0.717) is 6.42 Å². The first-order chi connectivity index (χ1) is 12.8. The maximum atomic E-state index is 12.9. The Morgan fingerprint density at radius 3 is 1.93 bits per heavy atom. The fraction of sp³-hybridized carbons (Fsp3) is 0.333. The summed E-state index contributed by atoms with van der Waals surface area (Å²) in [6.07, 6.45) is 1.20. The Morgan fingerprint density at radius 2 is 1.52 bits per heavy atom. The minimum atomic E-state index is -0.622. The van der Waals surface area contributed by atoms with E-state index >= 15 is 0 Å². The predicted molar refractivity (Wildman–Crippen MR) is 112 cm³/mol. The highest BCUT2D eigenvalue weighted by Crippen LogP contribution is 2.20. The van der Waals surface area contributed by atoms with Crippen LogP contribution < -0.4 is 0 Å². The minimum absolute atomic E-state index is 0.311. The third kappa shape index (κ3) is 6.21. The smallest absolute Gasteiger partial charge is 0.331 e. The Balaban J connectivity index is 2.48. The van der Waals surface area contributed by atoms with Crippen LogP contribution in [0, 0.1) is 0 Å². The molecular weight excluding hydrogens is 334 g/mol. The van der Waals surface area contributed by atoms with E-state index in [-0.39, 0.29) is 5.97 Å². The van der Waals surface area contributed by atoms with Crippen molar-refractivity contribution in [2.24, 2.45) is 4.99 Å². The van der Waals surface area contributed by atoms with Gasteiger partial charge in [-0.2, -0.15) is 0 Å². The maximum absolute atomic E-state index is 12.9. The van der Waals surface area contributed by atoms with Crippen molar-refractivity contribution in [3.05, 3.63) is 83.9 Å². The number of hydrogen-bond acceptors (Lipinski definition) is 3. The first-order valence-corrected chi connectivity index (χ1v) is 9.38. The molecule has 0 heterocycles. The van der Waals surface area contributed by atoms with Crippen molar-refractivity contribution in [2.45, 2.75) is 52.2 Å². The van der Waals surface area contributed by atoms with Crippen molar-refractivity contribution in [3.8, 4) is 0 Å².